The Balaban J connectivity index is 1.43. The molecule has 2 aromatic rings. The van der Waals surface area contributed by atoms with Gasteiger partial charge in [0, 0.05) is 55.2 Å². The molecule has 6 nitrogen and oxygen atoms in total. The quantitative estimate of drug-likeness (QED) is 0.801. The van der Waals surface area contributed by atoms with E-state index in [1.807, 2.05) is 6.20 Å². The van der Waals surface area contributed by atoms with Gasteiger partial charge in [-0.1, -0.05) is 0 Å². The van der Waals surface area contributed by atoms with Crippen LogP contribution in [0.5, 0.6) is 5.75 Å². The lowest BCUT2D eigenvalue weighted by atomic mass is 9.92. The van der Waals surface area contributed by atoms with Crippen molar-refractivity contribution in [2.75, 3.05) is 31.1 Å². The largest absolute Gasteiger partial charge is 0.504 e. The van der Waals surface area contributed by atoms with Gasteiger partial charge in [0.1, 0.15) is 0 Å². The van der Waals surface area contributed by atoms with Gasteiger partial charge in [-0.25, -0.2) is 4.39 Å². The van der Waals surface area contributed by atoms with Crippen molar-refractivity contribution in [2.24, 2.45) is 0 Å². The van der Waals surface area contributed by atoms with E-state index < -0.39 is 11.6 Å². The molecule has 0 radical (unpaired) electrons. The summed E-state index contributed by atoms with van der Waals surface area (Å²) in [6.45, 7) is 3.25. The molecule has 7 heteroatoms. The normalized spacial score (nSPS) is 17.6. The standard InChI is InChI=1S/C22H24FN3O3/c23-19-12-16(11-17(14-27)21(19)28)22(29)26-9-4-15(5-10-26)20-13-18(3-6-24-20)25-7-1-2-8-25/h3,6,11-15,28H,1-2,4-5,7-10H2. The van der Waals surface area contributed by atoms with Crippen LogP contribution in [0.25, 0.3) is 0 Å². The highest BCUT2D eigenvalue weighted by Crippen LogP contribution is 2.31. The van der Waals surface area contributed by atoms with E-state index in [-0.39, 0.29) is 23.0 Å². The summed E-state index contributed by atoms with van der Waals surface area (Å²) in [5, 5.41) is 9.53. The van der Waals surface area contributed by atoms with Gasteiger partial charge in [0.05, 0.1) is 5.56 Å². The Hall–Kier alpha value is -2.96. The van der Waals surface area contributed by atoms with E-state index in [0.29, 0.717) is 19.4 Å². The predicted molar refractivity (Wildman–Crippen MR) is 107 cm³/mol. The maximum Gasteiger partial charge on any atom is 0.253 e. The van der Waals surface area contributed by atoms with Crippen LogP contribution in [0.2, 0.25) is 0 Å². The van der Waals surface area contributed by atoms with Crippen LogP contribution in [0, 0.1) is 5.82 Å². The topological polar surface area (TPSA) is 73.7 Å². The van der Waals surface area contributed by atoms with Crippen LogP contribution in [-0.4, -0.2) is 53.4 Å². The molecule has 1 aromatic carbocycles. The number of nitrogens with zero attached hydrogens (tertiary/aromatic N) is 3. The second-order valence-corrected chi connectivity index (χ2v) is 7.71. The molecule has 0 unspecified atom stereocenters. The summed E-state index contributed by atoms with van der Waals surface area (Å²) < 4.78 is 13.8. The van der Waals surface area contributed by atoms with Gasteiger partial charge in [-0.2, -0.15) is 0 Å². The minimum Gasteiger partial charge on any atom is -0.504 e. The molecule has 2 fully saturated rings. The van der Waals surface area contributed by atoms with Gasteiger partial charge in [-0.15, -0.1) is 0 Å². The number of phenols is 1. The van der Waals surface area contributed by atoms with Crippen LogP contribution >= 0.6 is 0 Å². The Kier molecular flexibility index (Phi) is 5.47. The first-order valence-corrected chi connectivity index (χ1v) is 10.0. The molecule has 1 aromatic heterocycles. The number of aromatic nitrogens is 1. The summed E-state index contributed by atoms with van der Waals surface area (Å²) in [5.74, 6) is -1.73. The lowest BCUT2D eigenvalue weighted by Gasteiger charge is -2.32. The van der Waals surface area contributed by atoms with Gasteiger partial charge in [0.15, 0.2) is 17.9 Å². The molecular formula is C22H24FN3O3. The Bertz CT molecular complexity index is 920. The molecule has 0 bridgehead atoms. The average molecular weight is 397 g/mol. The Morgan fingerprint density at radius 3 is 2.55 bits per heavy atom. The molecule has 3 heterocycles. The van der Waals surface area contributed by atoms with E-state index >= 15 is 0 Å². The number of anilines is 1. The third kappa shape index (κ3) is 3.95. The van der Waals surface area contributed by atoms with Crippen LogP contribution in [-0.2, 0) is 0 Å². The number of amides is 1. The Labute approximate surface area is 169 Å². The zero-order chi connectivity index (χ0) is 20.4. The zero-order valence-corrected chi connectivity index (χ0v) is 16.2. The van der Waals surface area contributed by atoms with Crippen molar-refractivity contribution >= 4 is 17.9 Å². The molecule has 4 rings (SSSR count). The smallest absolute Gasteiger partial charge is 0.253 e. The highest BCUT2D eigenvalue weighted by molar-refractivity contribution is 5.96. The number of carbonyl (C=O) groups excluding carboxylic acids is 2. The molecule has 0 aliphatic carbocycles. The molecular weight excluding hydrogens is 373 g/mol. The number of likely N-dealkylation sites (tertiary alicyclic amines) is 1. The lowest BCUT2D eigenvalue weighted by molar-refractivity contribution is 0.0711. The summed E-state index contributed by atoms with van der Waals surface area (Å²) >= 11 is 0. The molecule has 0 saturated carbocycles. The average Bonchev–Trinajstić information content (AvgIpc) is 3.30. The first-order valence-electron chi connectivity index (χ1n) is 10.0. The minimum absolute atomic E-state index is 0.0787. The van der Waals surface area contributed by atoms with Crippen LogP contribution in [0.3, 0.4) is 0 Å². The number of hydrogen-bond acceptors (Lipinski definition) is 5. The van der Waals surface area contributed by atoms with E-state index in [1.165, 1.54) is 24.6 Å². The summed E-state index contributed by atoms with van der Waals surface area (Å²) in [7, 11) is 0. The molecule has 2 aliphatic heterocycles. The van der Waals surface area contributed by atoms with Gasteiger partial charge >= 0.3 is 0 Å². The first-order chi connectivity index (χ1) is 14.1. The fourth-order valence-corrected chi connectivity index (χ4v) is 4.23. The third-order valence-corrected chi connectivity index (χ3v) is 5.90. The van der Waals surface area contributed by atoms with Gasteiger partial charge in [0.25, 0.3) is 5.91 Å². The highest BCUT2D eigenvalue weighted by atomic mass is 19.1. The molecule has 1 N–H and O–H groups in total. The molecule has 0 spiro atoms. The zero-order valence-electron chi connectivity index (χ0n) is 16.2. The molecule has 152 valence electrons. The Morgan fingerprint density at radius 2 is 1.86 bits per heavy atom. The molecule has 29 heavy (non-hydrogen) atoms. The first kappa shape index (κ1) is 19.4. The van der Waals surface area contributed by atoms with E-state index in [2.05, 4.69) is 22.0 Å². The van der Waals surface area contributed by atoms with Crippen LogP contribution in [0.1, 0.15) is 58.0 Å². The number of halogens is 1. The van der Waals surface area contributed by atoms with Crippen molar-refractivity contribution in [3.8, 4) is 5.75 Å². The van der Waals surface area contributed by atoms with Crippen molar-refractivity contribution in [1.29, 1.82) is 0 Å². The van der Waals surface area contributed by atoms with E-state index in [9.17, 15) is 19.1 Å². The van der Waals surface area contributed by atoms with Gasteiger partial charge in [-0.05, 0) is 49.9 Å². The highest BCUT2D eigenvalue weighted by Gasteiger charge is 2.27. The molecule has 2 aliphatic rings. The lowest BCUT2D eigenvalue weighted by Crippen LogP contribution is -2.38. The number of aromatic hydroxyl groups is 1. The summed E-state index contributed by atoms with van der Waals surface area (Å²) in [6.07, 6.45) is 6.22. The SMILES string of the molecule is O=Cc1cc(C(=O)N2CCC(c3cc(N4CCCC4)ccn3)CC2)cc(F)c1O. The molecule has 0 atom stereocenters. The van der Waals surface area contributed by atoms with E-state index in [0.717, 1.165) is 37.7 Å². The van der Waals surface area contributed by atoms with Crippen LogP contribution < -0.4 is 4.90 Å². The van der Waals surface area contributed by atoms with Gasteiger partial charge in [-0.3, -0.25) is 14.6 Å². The fraction of sp³-hybridized carbons (Fsp3) is 0.409. The number of phenolic OH excluding ortho intramolecular Hbond substituents is 1. The van der Waals surface area contributed by atoms with Crippen molar-refractivity contribution in [3.05, 3.63) is 53.1 Å². The second kappa shape index (κ2) is 8.19. The maximum atomic E-state index is 13.8. The third-order valence-electron chi connectivity index (χ3n) is 5.90. The van der Waals surface area contributed by atoms with Crippen molar-refractivity contribution < 1.29 is 19.1 Å². The number of rotatable bonds is 4. The number of pyridine rings is 1. The second-order valence-electron chi connectivity index (χ2n) is 7.71. The summed E-state index contributed by atoms with van der Waals surface area (Å²) in [4.78, 5) is 32.3. The van der Waals surface area contributed by atoms with Gasteiger partial charge < -0.3 is 14.9 Å². The Morgan fingerprint density at radius 1 is 1.14 bits per heavy atom. The number of aldehydes is 1. The van der Waals surface area contributed by atoms with Crippen molar-refractivity contribution in [3.63, 3.8) is 0 Å². The van der Waals surface area contributed by atoms with Crippen molar-refractivity contribution in [2.45, 2.75) is 31.6 Å². The number of benzene rings is 1. The van der Waals surface area contributed by atoms with Crippen molar-refractivity contribution in [1.82, 2.24) is 9.88 Å². The number of piperidine rings is 1. The predicted octanol–water partition coefficient (Wildman–Crippen LogP) is 3.36. The van der Waals surface area contributed by atoms with E-state index in [4.69, 9.17) is 0 Å². The number of carbonyl (C=O) groups is 2. The van der Waals surface area contributed by atoms with E-state index in [1.54, 1.807) is 4.90 Å². The minimum atomic E-state index is -0.962. The summed E-state index contributed by atoms with van der Waals surface area (Å²) in [5.41, 5.74) is 2.13. The fourth-order valence-electron chi connectivity index (χ4n) is 4.23. The van der Waals surface area contributed by atoms with Crippen LogP contribution in [0.15, 0.2) is 30.5 Å². The molecule has 2 saturated heterocycles. The monoisotopic (exact) mass is 397 g/mol. The van der Waals surface area contributed by atoms with Gasteiger partial charge in [0.2, 0.25) is 0 Å². The number of hydrogen-bond donors (Lipinski definition) is 1. The summed E-state index contributed by atoms with van der Waals surface area (Å²) in [6, 6.07) is 6.44. The molecule has 1 amide bonds. The maximum absolute atomic E-state index is 13.8. The van der Waals surface area contributed by atoms with Crippen LogP contribution in [0.4, 0.5) is 10.1 Å².